The van der Waals surface area contributed by atoms with E-state index in [9.17, 15) is 43.4 Å². The molecule has 3 aliphatic heterocycles. The van der Waals surface area contributed by atoms with E-state index < -0.39 is 38.3 Å². The van der Waals surface area contributed by atoms with Crippen molar-refractivity contribution in [2.45, 2.75) is 18.4 Å². The van der Waals surface area contributed by atoms with E-state index in [1.165, 1.54) is 35.3 Å². The van der Waals surface area contributed by atoms with Gasteiger partial charge in [0, 0.05) is 77.7 Å². The highest BCUT2D eigenvalue weighted by Crippen LogP contribution is 2.47. The summed E-state index contributed by atoms with van der Waals surface area (Å²) in [5.74, 6) is -1.17. The summed E-state index contributed by atoms with van der Waals surface area (Å²) in [6, 6.07) is 22.6. The molecule has 17 heteroatoms. The third-order valence-corrected chi connectivity index (χ3v) is 11.8. The Morgan fingerprint density at radius 3 is 2.16 bits per heavy atom. The van der Waals surface area contributed by atoms with Crippen molar-refractivity contribution in [1.29, 1.82) is 0 Å². The maximum atomic E-state index is 14.0. The Bertz CT molecular complexity index is 2820. The van der Waals surface area contributed by atoms with Gasteiger partial charge >= 0.3 is 7.82 Å². The van der Waals surface area contributed by atoms with E-state index in [2.05, 4.69) is 0 Å². The van der Waals surface area contributed by atoms with E-state index in [4.69, 9.17) is 25.6 Å². The van der Waals surface area contributed by atoms with E-state index >= 15 is 0 Å². The lowest BCUT2D eigenvalue weighted by atomic mass is 9.95. The first-order valence-corrected chi connectivity index (χ1v) is 21.9. The van der Waals surface area contributed by atoms with Gasteiger partial charge in [0.15, 0.2) is 12.4 Å². The molecule has 5 aromatic carbocycles. The van der Waals surface area contributed by atoms with Crippen molar-refractivity contribution >= 4 is 94.4 Å². The molecule has 0 radical (unpaired) electrons. The van der Waals surface area contributed by atoms with E-state index in [-0.39, 0.29) is 48.9 Å². The van der Waals surface area contributed by atoms with Gasteiger partial charge in [0.1, 0.15) is 23.9 Å². The van der Waals surface area contributed by atoms with Crippen LogP contribution in [-0.4, -0.2) is 94.5 Å². The Morgan fingerprint density at radius 1 is 0.825 bits per heavy atom. The van der Waals surface area contributed by atoms with Gasteiger partial charge in [-0.2, -0.15) is 0 Å². The molecule has 8 rings (SSSR count). The smallest absolute Gasteiger partial charge is 0.491 e. The third kappa shape index (κ3) is 8.87. The number of ether oxygens (including phenoxy) is 2. The lowest BCUT2D eigenvalue weighted by molar-refractivity contribution is -0.137. The zero-order valence-electron chi connectivity index (χ0n) is 33.3. The van der Waals surface area contributed by atoms with Gasteiger partial charge in [-0.1, -0.05) is 60.7 Å². The number of aliphatic hydroxyl groups is 1. The van der Waals surface area contributed by atoms with Gasteiger partial charge in [-0.3, -0.25) is 38.7 Å². The molecular weight excluding hydrogens is 853 g/mol. The fraction of sp³-hybridized carbons (Fsp3) is 0.196. The third-order valence-electron chi connectivity index (χ3n) is 11.0. The van der Waals surface area contributed by atoms with Crippen LogP contribution >= 0.6 is 19.4 Å². The Kier molecular flexibility index (Phi) is 12.3. The minimum atomic E-state index is -4.92. The van der Waals surface area contributed by atoms with Crippen molar-refractivity contribution in [2.24, 2.45) is 0 Å². The number of phosphoric ester groups is 1. The van der Waals surface area contributed by atoms with Crippen LogP contribution in [0, 0.1) is 0 Å². The number of alkyl halides is 1. The normalized spacial score (nSPS) is 16.4. The molecule has 3 aliphatic rings. The minimum Gasteiger partial charge on any atom is -0.491 e. The number of benzene rings is 5. The summed E-state index contributed by atoms with van der Waals surface area (Å²) in [6.45, 7) is -0.0893. The van der Waals surface area contributed by atoms with Gasteiger partial charge in [0.05, 0.1) is 24.5 Å². The number of rotatable bonds is 15. The number of amides is 4. The molecule has 15 nitrogen and oxygen atoms in total. The standard InChI is InChI=1S/C46H39ClN3O12P/c47-24-30-25-50(38-23-40(61-31(26-51)27-52)35-7-3-4-8-36(35)46(30)38)45(56)13-10-28-9-11-29(39(21-28)60-20-19-49-43(54)15-16-44(49)55)12-14-42(53)48-18-17-33-32-5-1-2-6-34(32)41(22-37(33)48)62-63(57,58)59/h1-16,21-23,26,30-31,52H,17-20,24-25,27H2,(H2,57,58,59). The van der Waals surface area contributed by atoms with Crippen LogP contribution in [0.4, 0.5) is 11.4 Å². The number of aldehydes is 1. The fourth-order valence-corrected chi connectivity index (χ4v) is 8.77. The number of phosphoric acid groups is 1. The molecule has 0 saturated heterocycles. The Morgan fingerprint density at radius 2 is 1.48 bits per heavy atom. The topological polar surface area (TPSA) is 201 Å². The SMILES string of the molecule is O=CC(CO)Oc1cc2c(c3ccccc13)C(CCl)CN2C(=O)C=Cc1ccc(C=CC(=O)N2CCc3c2cc(OP(=O)(O)O)c2ccccc32)c(OCCN2C(=O)C=CC2=O)c1. The highest BCUT2D eigenvalue weighted by atomic mass is 35.5. The van der Waals surface area contributed by atoms with Crippen LogP contribution in [0.3, 0.4) is 0 Å². The number of nitrogens with zero attached hydrogens (tertiary/aromatic N) is 3. The summed E-state index contributed by atoms with van der Waals surface area (Å²) in [5, 5.41) is 12.4. The predicted molar refractivity (Wildman–Crippen MR) is 236 cm³/mol. The Labute approximate surface area is 365 Å². The molecule has 4 amide bonds. The van der Waals surface area contributed by atoms with Gasteiger partial charge in [-0.25, -0.2) is 4.57 Å². The number of hydrogen-bond acceptors (Lipinski definition) is 10. The molecule has 5 aromatic rings. The van der Waals surface area contributed by atoms with Crippen molar-refractivity contribution in [2.75, 3.05) is 48.5 Å². The molecule has 2 atom stereocenters. The zero-order chi connectivity index (χ0) is 44.4. The predicted octanol–water partition coefficient (Wildman–Crippen LogP) is 5.69. The number of carbonyl (C=O) groups excluding carboxylic acids is 5. The molecular formula is C46H39ClN3O12P. The van der Waals surface area contributed by atoms with Crippen LogP contribution in [0.2, 0.25) is 0 Å². The summed E-state index contributed by atoms with van der Waals surface area (Å²) in [4.78, 5) is 87.0. The van der Waals surface area contributed by atoms with Crippen LogP contribution in [0.15, 0.2) is 103 Å². The van der Waals surface area contributed by atoms with Crippen molar-refractivity contribution < 1.29 is 57.4 Å². The van der Waals surface area contributed by atoms with E-state index in [0.717, 1.165) is 21.4 Å². The number of anilines is 2. The number of fused-ring (bicyclic) bond motifs is 6. The number of halogens is 1. The first-order chi connectivity index (χ1) is 30.4. The second-order valence-corrected chi connectivity index (χ2v) is 16.3. The first-order valence-electron chi connectivity index (χ1n) is 19.8. The van der Waals surface area contributed by atoms with Crippen LogP contribution < -0.4 is 23.8 Å². The van der Waals surface area contributed by atoms with E-state index in [1.807, 2.05) is 24.3 Å². The van der Waals surface area contributed by atoms with Gasteiger partial charge < -0.3 is 28.9 Å². The van der Waals surface area contributed by atoms with Crippen molar-refractivity contribution in [3.63, 3.8) is 0 Å². The highest BCUT2D eigenvalue weighted by molar-refractivity contribution is 7.46. The Hall–Kier alpha value is -6.61. The molecule has 0 aromatic heterocycles. The fourth-order valence-electron chi connectivity index (χ4n) is 8.11. The largest absolute Gasteiger partial charge is 0.524 e. The summed E-state index contributed by atoms with van der Waals surface area (Å²) in [6.07, 6.45) is 8.10. The first kappa shape index (κ1) is 43.1. The van der Waals surface area contributed by atoms with Gasteiger partial charge in [-0.05, 0) is 52.1 Å². The maximum Gasteiger partial charge on any atom is 0.524 e. The number of carbonyl (C=O) groups is 5. The van der Waals surface area contributed by atoms with Crippen molar-refractivity contribution in [1.82, 2.24) is 4.90 Å². The molecule has 0 saturated carbocycles. The molecule has 63 heavy (non-hydrogen) atoms. The Balaban J connectivity index is 1.07. The van der Waals surface area contributed by atoms with Crippen LogP contribution in [0.1, 0.15) is 28.2 Å². The lowest BCUT2D eigenvalue weighted by Gasteiger charge is -2.19. The summed E-state index contributed by atoms with van der Waals surface area (Å²) in [7, 11) is -4.92. The zero-order valence-corrected chi connectivity index (χ0v) is 35.0. The van der Waals surface area contributed by atoms with Crippen LogP contribution in [0.25, 0.3) is 33.7 Å². The number of imide groups is 1. The van der Waals surface area contributed by atoms with Crippen molar-refractivity contribution in [3.05, 3.63) is 125 Å². The van der Waals surface area contributed by atoms with E-state index in [0.29, 0.717) is 63.7 Å². The number of hydrogen-bond donors (Lipinski definition) is 3. The molecule has 3 heterocycles. The quantitative estimate of drug-likeness (QED) is 0.0382. The average Bonchev–Trinajstić information content (AvgIpc) is 3.98. The molecule has 322 valence electrons. The summed E-state index contributed by atoms with van der Waals surface area (Å²) in [5.41, 5.74) is 3.69. The van der Waals surface area contributed by atoms with Gasteiger partial charge in [0.25, 0.3) is 23.6 Å². The lowest BCUT2D eigenvalue weighted by Crippen LogP contribution is -2.33. The van der Waals surface area contributed by atoms with Gasteiger partial charge in [-0.15, -0.1) is 11.6 Å². The van der Waals surface area contributed by atoms with Crippen molar-refractivity contribution in [3.8, 4) is 17.2 Å². The molecule has 0 aliphatic carbocycles. The van der Waals surface area contributed by atoms with Crippen LogP contribution in [0.5, 0.6) is 17.2 Å². The second kappa shape index (κ2) is 18.0. The van der Waals surface area contributed by atoms with Gasteiger partial charge in [0.2, 0.25) is 0 Å². The molecule has 0 fully saturated rings. The van der Waals surface area contributed by atoms with E-state index in [1.54, 1.807) is 65.6 Å². The molecule has 0 bridgehead atoms. The second-order valence-electron chi connectivity index (χ2n) is 14.8. The number of aliphatic hydroxyl groups excluding tert-OH is 1. The van der Waals surface area contributed by atoms with Crippen LogP contribution in [-0.2, 0) is 35.0 Å². The highest BCUT2D eigenvalue weighted by Gasteiger charge is 2.35. The summed E-state index contributed by atoms with van der Waals surface area (Å²) >= 11 is 6.45. The maximum absolute atomic E-state index is 14.0. The summed E-state index contributed by atoms with van der Waals surface area (Å²) < 4.78 is 28.8. The molecule has 2 unspecified atom stereocenters. The molecule has 0 spiro atoms. The average molecular weight is 892 g/mol. The monoisotopic (exact) mass is 891 g/mol. The molecule has 3 N–H and O–H groups in total. The minimum absolute atomic E-state index is 0.0504.